The summed E-state index contributed by atoms with van der Waals surface area (Å²) in [7, 11) is 0. The molecule has 1 unspecified atom stereocenters. The van der Waals surface area contributed by atoms with Gasteiger partial charge >= 0.3 is 0 Å². The average Bonchev–Trinajstić information content (AvgIpc) is 2.07. The summed E-state index contributed by atoms with van der Waals surface area (Å²) in [5, 5.41) is 0. The quantitative estimate of drug-likeness (QED) is 0.599. The first-order chi connectivity index (χ1) is 5.76. The highest BCUT2D eigenvalue weighted by Gasteiger charge is 2.12. The van der Waals surface area contributed by atoms with Gasteiger partial charge in [0, 0.05) is 19.3 Å². The molecule has 0 bridgehead atoms. The lowest BCUT2D eigenvalue weighted by molar-refractivity contribution is 0.133. The van der Waals surface area contributed by atoms with E-state index < -0.39 is 0 Å². The van der Waals surface area contributed by atoms with Gasteiger partial charge in [-0.05, 0) is 19.3 Å². The van der Waals surface area contributed by atoms with E-state index >= 15 is 0 Å². The first-order valence-electron chi connectivity index (χ1n) is 5.09. The van der Waals surface area contributed by atoms with Gasteiger partial charge in [-0.3, -0.25) is 0 Å². The Morgan fingerprint density at radius 2 is 1.75 bits per heavy atom. The third-order valence-electron chi connectivity index (χ3n) is 2.45. The number of rotatable bonds is 7. The van der Waals surface area contributed by atoms with E-state index in [-0.39, 0.29) is 0 Å². The summed E-state index contributed by atoms with van der Waals surface area (Å²) < 4.78 is 5.26. The molecule has 0 aliphatic carbocycles. The Hall–Kier alpha value is -0.0800. The Labute approximate surface area is 76.5 Å². The average molecular weight is 173 g/mol. The van der Waals surface area contributed by atoms with E-state index in [1.807, 2.05) is 6.92 Å². The van der Waals surface area contributed by atoms with Crippen LogP contribution in [0, 0.1) is 5.92 Å². The van der Waals surface area contributed by atoms with Crippen molar-refractivity contribution in [3.63, 3.8) is 0 Å². The largest absolute Gasteiger partial charge is 0.382 e. The predicted molar refractivity (Wildman–Crippen MR) is 53.2 cm³/mol. The van der Waals surface area contributed by atoms with Crippen molar-refractivity contribution >= 4 is 0 Å². The van der Waals surface area contributed by atoms with Gasteiger partial charge in [0.2, 0.25) is 0 Å². The molecule has 2 heteroatoms. The monoisotopic (exact) mass is 173 g/mol. The van der Waals surface area contributed by atoms with Crippen LogP contribution < -0.4 is 5.73 Å². The molecule has 0 aliphatic heterocycles. The van der Waals surface area contributed by atoms with E-state index in [1.165, 1.54) is 12.8 Å². The maximum absolute atomic E-state index is 6.00. The van der Waals surface area contributed by atoms with Gasteiger partial charge < -0.3 is 10.5 Å². The molecule has 74 valence electrons. The highest BCUT2D eigenvalue weighted by molar-refractivity contribution is 4.70. The van der Waals surface area contributed by atoms with Crippen LogP contribution in [0.4, 0.5) is 0 Å². The third kappa shape index (κ3) is 4.73. The van der Waals surface area contributed by atoms with E-state index in [1.54, 1.807) is 0 Å². The minimum absolute atomic E-state index is 0.326. The van der Waals surface area contributed by atoms with Gasteiger partial charge in [0.15, 0.2) is 0 Å². The van der Waals surface area contributed by atoms with Crippen molar-refractivity contribution in [3.05, 3.63) is 0 Å². The maximum atomic E-state index is 6.00. The molecule has 0 aliphatic rings. The van der Waals surface area contributed by atoms with Gasteiger partial charge in [-0.15, -0.1) is 0 Å². The van der Waals surface area contributed by atoms with Gasteiger partial charge in [0.25, 0.3) is 0 Å². The Balaban J connectivity index is 3.47. The van der Waals surface area contributed by atoms with Gasteiger partial charge in [-0.25, -0.2) is 0 Å². The summed E-state index contributed by atoms with van der Waals surface area (Å²) >= 11 is 0. The Bertz CT molecular complexity index is 91.8. The van der Waals surface area contributed by atoms with E-state index in [2.05, 4.69) is 13.8 Å². The van der Waals surface area contributed by atoms with Crippen LogP contribution in [0.3, 0.4) is 0 Å². The van der Waals surface area contributed by atoms with Crippen LogP contribution in [-0.2, 0) is 4.74 Å². The molecule has 0 amide bonds. The second-order valence-corrected chi connectivity index (χ2v) is 3.23. The SMILES string of the molecule is CCOCCC(N)C(CC)CC. The second kappa shape index (κ2) is 7.56. The van der Waals surface area contributed by atoms with Crippen molar-refractivity contribution in [2.24, 2.45) is 11.7 Å². The van der Waals surface area contributed by atoms with Crippen molar-refractivity contribution in [3.8, 4) is 0 Å². The number of hydrogen-bond acceptors (Lipinski definition) is 2. The summed E-state index contributed by atoms with van der Waals surface area (Å²) in [5.41, 5.74) is 6.00. The first kappa shape index (κ1) is 11.9. The van der Waals surface area contributed by atoms with Crippen LogP contribution >= 0.6 is 0 Å². The normalized spacial score (nSPS) is 13.8. The Morgan fingerprint density at radius 1 is 1.17 bits per heavy atom. The van der Waals surface area contributed by atoms with E-state index in [4.69, 9.17) is 10.5 Å². The third-order valence-corrected chi connectivity index (χ3v) is 2.45. The van der Waals surface area contributed by atoms with Crippen molar-refractivity contribution in [2.45, 2.75) is 46.1 Å². The van der Waals surface area contributed by atoms with Crippen molar-refractivity contribution < 1.29 is 4.74 Å². The lowest BCUT2D eigenvalue weighted by Crippen LogP contribution is -2.30. The van der Waals surface area contributed by atoms with Crippen LogP contribution in [0.1, 0.15) is 40.0 Å². The lowest BCUT2D eigenvalue weighted by Gasteiger charge is -2.20. The molecule has 1 atom stereocenters. The van der Waals surface area contributed by atoms with Gasteiger partial charge in [0.1, 0.15) is 0 Å². The van der Waals surface area contributed by atoms with Crippen LogP contribution in [0.25, 0.3) is 0 Å². The summed E-state index contributed by atoms with van der Waals surface area (Å²) in [6.07, 6.45) is 3.37. The zero-order valence-corrected chi connectivity index (χ0v) is 8.68. The minimum Gasteiger partial charge on any atom is -0.382 e. The number of nitrogens with two attached hydrogens (primary N) is 1. The molecule has 0 rings (SSSR count). The molecule has 0 aromatic carbocycles. The molecule has 0 fully saturated rings. The zero-order chi connectivity index (χ0) is 9.40. The molecule has 0 saturated heterocycles. The van der Waals surface area contributed by atoms with Gasteiger partial charge in [-0.2, -0.15) is 0 Å². The summed E-state index contributed by atoms with van der Waals surface area (Å²) in [4.78, 5) is 0. The summed E-state index contributed by atoms with van der Waals surface area (Å²) in [5.74, 6) is 0.672. The van der Waals surface area contributed by atoms with Crippen LogP contribution in [-0.4, -0.2) is 19.3 Å². The zero-order valence-electron chi connectivity index (χ0n) is 8.68. The van der Waals surface area contributed by atoms with E-state index in [9.17, 15) is 0 Å². The van der Waals surface area contributed by atoms with Crippen molar-refractivity contribution in [1.29, 1.82) is 0 Å². The molecule has 0 saturated carbocycles. The topological polar surface area (TPSA) is 35.2 Å². The Morgan fingerprint density at radius 3 is 2.17 bits per heavy atom. The fourth-order valence-corrected chi connectivity index (χ4v) is 1.49. The minimum atomic E-state index is 0.326. The molecule has 2 nitrogen and oxygen atoms in total. The summed E-state index contributed by atoms with van der Waals surface area (Å²) in [6.45, 7) is 8.04. The second-order valence-electron chi connectivity index (χ2n) is 3.23. The molecule has 0 aromatic heterocycles. The molecule has 0 aromatic rings. The predicted octanol–water partition coefficient (Wildman–Crippen LogP) is 2.18. The first-order valence-corrected chi connectivity index (χ1v) is 5.09. The van der Waals surface area contributed by atoms with Crippen LogP contribution in [0.5, 0.6) is 0 Å². The van der Waals surface area contributed by atoms with Crippen LogP contribution in [0.15, 0.2) is 0 Å². The van der Waals surface area contributed by atoms with Crippen molar-refractivity contribution in [2.75, 3.05) is 13.2 Å². The fourth-order valence-electron chi connectivity index (χ4n) is 1.49. The molecule has 0 heterocycles. The van der Waals surface area contributed by atoms with E-state index in [0.29, 0.717) is 12.0 Å². The maximum Gasteiger partial charge on any atom is 0.0480 e. The van der Waals surface area contributed by atoms with E-state index in [0.717, 1.165) is 19.6 Å². The number of ether oxygens (including phenoxy) is 1. The lowest BCUT2D eigenvalue weighted by atomic mass is 9.93. The molecular formula is C10H23NO. The number of hydrogen-bond donors (Lipinski definition) is 1. The fraction of sp³-hybridized carbons (Fsp3) is 1.00. The summed E-state index contributed by atoms with van der Waals surface area (Å²) in [6, 6.07) is 0.326. The molecule has 0 radical (unpaired) electrons. The van der Waals surface area contributed by atoms with Crippen molar-refractivity contribution in [1.82, 2.24) is 0 Å². The smallest absolute Gasteiger partial charge is 0.0480 e. The molecule has 2 N–H and O–H groups in total. The Kier molecular flexibility index (Phi) is 7.51. The highest BCUT2D eigenvalue weighted by atomic mass is 16.5. The molecule has 0 spiro atoms. The molecule has 12 heavy (non-hydrogen) atoms. The molecular weight excluding hydrogens is 150 g/mol. The standard InChI is InChI=1S/C10H23NO/c1-4-9(5-2)10(11)7-8-12-6-3/h9-10H,4-8,11H2,1-3H3. The van der Waals surface area contributed by atoms with Crippen LogP contribution in [0.2, 0.25) is 0 Å². The van der Waals surface area contributed by atoms with Gasteiger partial charge in [0.05, 0.1) is 0 Å². The highest BCUT2D eigenvalue weighted by Crippen LogP contribution is 2.13. The van der Waals surface area contributed by atoms with Gasteiger partial charge in [-0.1, -0.05) is 26.7 Å².